The smallest absolute Gasteiger partial charge is 0.124 e. The Balaban J connectivity index is 1.73. The Bertz CT molecular complexity index is 591. The van der Waals surface area contributed by atoms with Crippen LogP contribution in [0, 0.1) is 0 Å². The molecule has 0 bridgehead atoms. The maximum absolute atomic E-state index is 4.59. The van der Waals surface area contributed by atoms with Crippen LogP contribution in [-0.4, -0.2) is 15.0 Å². The van der Waals surface area contributed by atoms with Gasteiger partial charge in [0.2, 0.25) is 0 Å². The molecule has 2 heterocycles. The van der Waals surface area contributed by atoms with Gasteiger partial charge in [-0.25, -0.2) is 4.98 Å². The fraction of sp³-hybridized carbons (Fsp3) is 0.214. The second-order valence-electron chi connectivity index (χ2n) is 4.46. The summed E-state index contributed by atoms with van der Waals surface area (Å²) >= 11 is 0. The van der Waals surface area contributed by atoms with Gasteiger partial charge in [0.15, 0.2) is 0 Å². The van der Waals surface area contributed by atoms with E-state index in [0.717, 1.165) is 23.4 Å². The molecule has 4 heteroatoms. The fourth-order valence-electron chi connectivity index (χ4n) is 2.01. The van der Waals surface area contributed by atoms with E-state index in [1.54, 1.807) is 0 Å². The molecule has 3 rings (SSSR count). The van der Waals surface area contributed by atoms with Gasteiger partial charge in [0.05, 0.1) is 17.1 Å². The highest BCUT2D eigenvalue weighted by Gasteiger charge is 2.09. The van der Waals surface area contributed by atoms with E-state index in [-0.39, 0.29) is 6.04 Å². The van der Waals surface area contributed by atoms with Crippen molar-refractivity contribution in [3.63, 3.8) is 0 Å². The minimum atomic E-state index is 0.201. The summed E-state index contributed by atoms with van der Waals surface area (Å²) in [5.74, 6) is 0.978. The van der Waals surface area contributed by atoms with Gasteiger partial charge in [-0.05, 0) is 30.7 Å². The number of benzene rings is 1. The minimum absolute atomic E-state index is 0.201. The molecular formula is C14H16N4. The van der Waals surface area contributed by atoms with Crippen LogP contribution >= 0.6 is 0 Å². The molecule has 0 amide bonds. The molecule has 1 unspecified atom stereocenters. The molecule has 1 aromatic carbocycles. The number of rotatable bonds is 4. The number of H-pyrrole nitrogens is 2. The molecule has 0 saturated heterocycles. The summed E-state index contributed by atoms with van der Waals surface area (Å²) in [6.07, 6.45) is 3.93. The first-order chi connectivity index (χ1) is 8.83. The van der Waals surface area contributed by atoms with Crippen molar-refractivity contribution in [3.8, 4) is 0 Å². The largest absolute Gasteiger partial charge is 0.367 e. The van der Waals surface area contributed by atoms with Crippen LogP contribution in [0.3, 0.4) is 0 Å². The molecule has 0 fully saturated rings. The van der Waals surface area contributed by atoms with E-state index in [2.05, 4.69) is 33.3 Å². The maximum atomic E-state index is 4.59. The van der Waals surface area contributed by atoms with Gasteiger partial charge in [-0.15, -0.1) is 0 Å². The number of nitrogens with one attached hydrogen (secondary N) is 3. The summed E-state index contributed by atoms with van der Waals surface area (Å²) < 4.78 is 0. The van der Waals surface area contributed by atoms with Crippen molar-refractivity contribution in [1.29, 1.82) is 0 Å². The van der Waals surface area contributed by atoms with E-state index in [1.165, 1.54) is 5.56 Å². The third-order valence-corrected chi connectivity index (χ3v) is 3.09. The summed E-state index contributed by atoms with van der Waals surface area (Å²) in [6.45, 7) is 2.95. The van der Waals surface area contributed by atoms with Crippen LogP contribution in [0.4, 0.5) is 0 Å². The molecule has 3 N–H and O–H groups in total. The highest BCUT2D eigenvalue weighted by molar-refractivity contribution is 5.74. The Labute approximate surface area is 105 Å². The van der Waals surface area contributed by atoms with Gasteiger partial charge in [-0.2, -0.15) is 0 Å². The molecule has 2 aromatic heterocycles. The maximum Gasteiger partial charge on any atom is 0.124 e. The van der Waals surface area contributed by atoms with Gasteiger partial charge in [-0.3, -0.25) is 0 Å². The molecule has 0 aliphatic heterocycles. The lowest BCUT2D eigenvalue weighted by Crippen LogP contribution is -2.18. The van der Waals surface area contributed by atoms with E-state index in [0.29, 0.717) is 0 Å². The molecule has 1 atom stereocenters. The zero-order valence-corrected chi connectivity index (χ0v) is 10.3. The number of hydrogen-bond donors (Lipinski definition) is 3. The average molecular weight is 240 g/mol. The first-order valence-electron chi connectivity index (χ1n) is 6.12. The van der Waals surface area contributed by atoms with E-state index < -0.39 is 0 Å². The number of aromatic nitrogens is 3. The molecule has 3 aromatic rings. The standard InChI is InChI=1S/C14H16N4/c1-10(16-9-11-6-7-15-8-11)14-17-12-4-2-3-5-13(12)18-14/h2-8,10,15-16H,9H2,1H3,(H,17,18). The summed E-state index contributed by atoms with van der Waals surface area (Å²) in [6, 6.07) is 10.4. The van der Waals surface area contributed by atoms with Gasteiger partial charge < -0.3 is 15.3 Å². The fourth-order valence-corrected chi connectivity index (χ4v) is 2.01. The Hall–Kier alpha value is -2.07. The van der Waals surface area contributed by atoms with Crippen LogP contribution in [0.25, 0.3) is 11.0 Å². The zero-order chi connectivity index (χ0) is 12.4. The molecule has 0 saturated carbocycles. The van der Waals surface area contributed by atoms with E-state index in [4.69, 9.17) is 0 Å². The average Bonchev–Trinajstić information content (AvgIpc) is 3.04. The van der Waals surface area contributed by atoms with Crippen LogP contribution < -0.4 is 5.32 Å². The minimum Gasteiger partial charge on any atom is -0.367 e. The molecule has 18 heavy (non-hydrogen) atoms. The Morgan fingerprint density at radius 1 is 1.28 bits per heavy atom. The topological polar surface area (TPSA) is 56.5 Å². The van der Waals surface area contributed by atoms with Crippen molar-refractivity contribution < 1.29 is 0 Å². The highest BCUT2D eigenvalue weighted by atomic mass is 15.0. The van der Waals surface area contributed by atoms with Crippen molar-refractivity contribution in [1.82, 2.24) is 20.3 Å². The molecule has 0 radical (unpaired) electrons. The third-order valence-electron chi connectivity index (χ3n) is 3.09. The first kappa shape index (κ1) is 11.0. The van der Waals surface area contributed by atoms with Crippen LogP contribution in [0.2, 0.25) is 0 Å². The second-order valence-corrected chi connectivity index (χ2v) is 4.46. The molecule has 0 aliphatic rings. The number of hydrogen-bond acceptors (Lipinski definition) is 2. The number of fused-ring (bicyclic) bond motifs is 1. The van der Waals surface area contributed by atoms with Crippen molar-refractivity contribution in [2.24, 2.45) is 0 Å². The van der Waals surface area contributed by atoms with Crippen molar-refractivity contribution in [2.45, 2.75) is 19.5 Å². The van der Waals surface area contributed by atoms with Crippen molar-refractivity contribution >= 4 is 11.0 Å². The Morgan fingerprint density at radius 3 is 2.94 bits per heavy atom. The molecule has 0 aliphatic carbocycles. The monoisotopic (exact) mass is 240 g/mol. The SMILES string of the molecule is CC(NCc1cc[nH]c1)c1nc2ccccc2[nH]1. The Kier molecular flexibility index (Phi) is 2.86. The number of aromatic amines is 2. The Morgan fingerprint density at radius 2 is 2.17 bits per heavy atom. The number of para-hydroxylation sites is 2. The normalized spacial score (nSPS) is 12.9. The van der Waals surface area contributed by atoms with Gasteiger partial charge in [0.1, 0.15) is 5.82 Å². The van der Waals surface area contributed by atoms with Gasteiger partial charge in [0, 0.05) is 18.9 Å². The van der Waals surface area contributed by atoms with E-state index in [9.17, 15) is 0 Å². The number of nitrogens with zero attached hydrogens (tertiary/aromatic N) is 1. The lowest BCUT2D eigenvalue weighted by atomic mass is 10.3. The zero-order valence-electron chi connectivity index (χ0n) is 10.3. The number of imidazole rings is 1. The predicted octanol–water partition coefficient (Wildman–Crippen LogP) is 2.74. The van der Waals surface area contributed by atoms with E-state index in [1.807, 2.05) is 36.7 Å². The van der Waals surface area contributed by atoms with E-state index >= 15 is 0 Å². The van der Waals surface area contributed by atoms with Crippen LogP contribution in [-0.2, 0) is 6.54 Å². The summed E-state index contributed by atoms with van der Waals surface area (Å²) in [4.78, 5) is 11.0. The first-order valence-corrected chi connectivity index (χ1v) is 6.12. The quantitative estimate of drug-likeness (QED) is 0.656. The summed E-state index contributed by atoms with van der Waals surface area (Å²) in [5.41, 5.74) is 3.35. The lowest BCUT2D eigenvalue weighted by Gasteiger charge is -2.09. The third kappa shape index (κ3) is 2.15. The van der Waals surface area contributed by atoms with Crippen LogP contribution in [0.5, 0.6) is 0 Å². The van der Waals surface area contributed by atoms with Crippen molar-refractivity contribution in [2.75, 3.05) is 0 Å². The lowest BCUT2D eigenvalue weighted by molar-refractivity contribution is 0.552. The predicted molar refractivity (Wildman–Crippen MR) is 72.1 cm³/mol. The highest BCUT2D eigenvalue weighted by Crippen LogP contribution is 2.15. The van der Waals surface area contributed by atoms with Crippen LogP contribution in [0.1, 0.15) is 24.4 Å². The summed E-state index contributed by atoms with van der Waals surface area (Å²) in [5, 5.41) is 3.45. The molecule has 0 spiro atoms. The molecule has 4 nitrogen and oxygen atoms in total. The van der Waals surface area contributed by atoms with Crippen LogP contribution in [0.15, 0.2) is 42.7 Å². The van der Waals surface area contributed by atoms with Gasteiger partial charge >= 0.3 is 0 Å². The second kappa shape index (κ2) is 4.66. The van der Waals surface area contributed by atoms with Crippen molar-refractivity contribution in [3.05, 3.63) is 54.1 Å². The van der Waals surface area contributed by atoms with Gasteiger partial charge in [-0.1, -0.05) is 12.1 Å². The molecular weight excluding hydrogens is 224 g/mol. The summed E-state index contributed by atoms with van der Waals surface area (Å²) in [7, 11) is 0. The van der Waals surface area contributed by atoms with Gasteiger partial charge in [0.25, 0.3) is 0 Å². The molecule has 92 valence electrons.